The lowest BCUT2D eigenvalue weighted by Crippen LogP contribution is -2.20. The first kappa shape index (κ1) is 12.8. The quantitative estimate of drug-likeness (QED) is 0.887. The van der Waals surface area contributed by atoms with Crippen molar-refractivity contribution in [2.75, 3.05) is 7.05 Å². The van der Waals surface area contributed by atoms with E-state index >= 15 is 0 Å². The van der Waals surface area contributed by atoms with Gasteiger partial charge in [-0.3, -0.25) is 4.98 Å². The van der Waals surface area contributed by atoms with Crippen molar-refractivity contribution in [1.29, 1.82) is 0 Å². The molecule has 1 heterocycles. The van der Waals surface area contributed by atoms with Gasteiger partial charge in [-0.1, -0.05) is 29.8 Å². The smallest absolute Gasteiger partial charge is 0.0376 e. The largest absolute Gasteiger partial charge is 0.313 e. The van der Waals surface area contributed by atoms with Crippen LogP contribution in [0, 0.1) is 13.8 Å². The molecular weight excluding hydrogens is 220 g/mol. The second-order valence-electron chi connectivity index (χ2n) is 4.76. The fourth-order valence-corrected chi connectivity index (χ4v) is 2.17. The number of pyridine rings is 1. The molecule has 1 aromatic carbocycles. The molecule has 1 atom stereocenters. The van der Waals surface area contributed by atoms with Crippen LogP contribution in [0.25, 0.3) is 0 Å². The van der Waals surface area contributed by atoms with Gasteiger partial charge >= 0.3 is 0 Å². The summed E-state index contributed by atoms with van der Waals surface area (Å²) in [5, 5.41) is 3.38. The van der Waals surface area contributed by atoms with Crippen LogP contribution in [0.3, 0.4) is 0 Å². The van der Waals surface area contributed by atoms with Crippen LogP contribution in [-0.2, 0) is 6.42 Å². The van der Waals surface area contributed by atoms with Gasteiger partial charge in [0.05, 0.1) is 0 Å². The number of aromatic nitrogens is 1. The molecule has 0 amide bonds. The van der Waals surface area contributed by atoms with Gasteiger partial charge in [0.1, 0.15) is 0 Å². The van der Waals surface area contributed by atoms with Crippen LogP contribution in [0.1, 0.15) is 28.3 Å². The number of nitrogens with one attached hydrogen (secondary N) is 1. The van der Waals surface area contributed by atoms with Crippen molar-refractivity contribution in [2.24, 2.45) is 0 Å². The minimum Gasteiger partial charge on any atom is -0.313 e. The first-order chi connectivity index (χ1) is 8.70. The molecule has 0 saturated heterocycles. The molecule has 1 N–H and O–H groups in total. The molecule has 94 valence electrons. The molecule has 1 aromatic heterocycles. The van der Waals surface area contributed by atoms with E-state index in [-0.39, 0.29) is 0 Å². The van der Waals surface area contributed by atoms with Crippen LogP contribution in [0.5, 0.6) is 0 Å². The first-order valence-electron chi connectivity index (χ1n) is 6.34. The zero-order valence-corrected chi connectivity index (χ0v) is 11.3. The molecule has 2 rings (SSSR count). The summed E-state index contributed by atoms with van der Waals surface area (Å²) in [6.45, 7) is 4.25. The predicted octanol–water partition coefficient (Wildman–Crippen LogP) is 3.20. The molecule has 0 aliphatic heterocycles. The van der Waals surface area contributed by atoms with E-state index in [0.717, 1.165) is 6.42 Å². The van der Waals surface area contributed by atoms with Crippen LogP contribution in [0.15, 0.2) is 42.7 Å². The van der Waals surface area contributed by atoms with Crippen molar-refractivity contribution in [1.82, 2.24) is 10.3 Å². The van der Waals surface area contributed by atoms with Gasteiger partial charge in [0, 0.05) is 18.4 Å². The summed E-state index contributed by atoms with van der Waals surface area (Å²) in [4.78, 5) is 4.23. The second kappa shape index (κ2) is 5.78. The van der Waals surface area contributed by atoms with Crippen molar-refractivity contribution in [3.63, 3.8) is 0 Å². The minimum absolute atomic E-state index is 0.321. The van der Waals surface area contributed by atoms with Gasteiger partial charge in [-0.05, 0) is 50.1 Å². The normalized spacial score (nSPS) is 12.4. The predicted molar refractivity (Wildman–Crippen MR) is 75.7 cm³/mol. The van der Waals surface area contributed by atoms with Crippen LogP contribution in [-0.4, -0.2) is 12.0 Å². The Hall–Kier alpha value is -1.67. The highest BCUT2D eigenvalue weighted by Gasteiger charge is 2.12. The Balaban J connectivity index is 2.20. The lowest BCUT2D eigenvalue weighted by molar-refractivity contribution is 0.586. The monoisotopic (exact) mass is 240 g/mol. The SMILES string of the molecule is CNC(Cc1ccc(C)cc1)c1cnccc1C. The van der Waals surface area contributed by atoms with Crippen molar-refractivity contribution >= 4 is 0 Å². The summed E-state index contributed by atoms with van der Waals surface area (Å²) in [6.07, 6.45) is 4.80. The minimum atomic E-state index is 0.321. The van der Waals surface area contributed by atoms with E-state index in [1.165, 1.54) is 22.3 Å². The van der Waals surface area contributed by atoms with Gasteiger partial charge in [0.2, 0.25) is 0 Å². The van der Waals surface area contributed by atoms with E-state index in [2.05, 4.69) is 54.5 Å². The summed E-state index contributed by atoms with van der Waals surface area (Å²) >= 11 is 0. The van der Waals surface area contributed by atoms with Crippen LogP contribution in [0.2, 0.25) is 0 Å². The van der Waals surface area contributed by atoms with Gasteiger partial charge in [-0.25, -0.2) is 0 Å². The van der Waals surface area contributed by atoms with E-state index in [1.54, 1.807) is 0 Å². The highest BCUT2D eigenvalue weighted by atomic mass is 14.9. The number of nitrogens with zero attached hydrogens (tertiary/aromatic N) is 1. The zero-order chi connectivity index (χ0) is 13.0. The lowest BCUT2D eigenvalue weighted by Gasteiger charge is -2.18. The molecule has 0 saturated carbocycles. The van der Waals surface area contributed by atoms with Crippen molar-refractivity contribution in [3.8, 4) is 0 Å². The highest BCUT2D eigenvalue weighted by Crippen LogP contribution is 2.20. The summed E-state index contributed by atoms with van der Waals surface area (Å²) in [6, 6.07) is 11.1. The van der Waals surface area contributed by atoms with Crippen LogP contribution >= 0.6 is 0 Å². The van der Waals surface area contributed by atoms with E-state index < -0.39 is 0 Å². The van der Waals surface area contributed by atoms with Gasteiger partial charge < -0.3 is 5.32 Å². The third-order valence-electron chi connectivity index (χ3n) is 3.36. The molecule has 0 bridgehead atoms. The van der Waals surface area contributed by atoms with Gasteiger partial charge in [-0.15, -0.1) is 0 Å². The third kappa shape index (κ3) is 2.96. The standard InChI is InChI=1S/C16H20N2/c1-12-4-6-14(7-5-12)10-16(17-3)15-11-18-9-8-13(15)2/h4-9,11,16-17H,10H2,1-3H3. The molecule has 0 spiro atoms. The van der Waals surface area contributed by atoms with Gasteiger partial charge in [-0.2, -0.15) is 0 Å². The average Bonchev–Trinajstić information content (AvgIpc) is 2.39. The molecule has 0 fully saturated rings. The highest BCUT2D eigenvalue weighted by molar-refractivity contribution is 5.29. The average molecular weight is 240 g/mol. The van der Waals surface area contributed by atoms with Gasteiger partial charge in [0.25, 0.3) is 0 Å². The summed E-state index contributed by atoms with van der Waals surface area (Å²) in [5.41, 5.74) is 5.22. The molecule has 0 radical (unpaired) electrons. The van der Waals surface area contributed by atoms with Crippen LogP contribution < -0.4 is 5.32 Å². The molecule has 2 heteroatoms. The Labute approximate surface area is 109 Å². The fourth-order valence-electron chi connectivity index (χ4n) is 2.17. The molecular formula is C16H20N2. The van der Waals surface area contributed by atoms with Crippen LogP contribution in [0.4, 0.5) is 0 Å². The van der Waals surface area contributed by atoms with Gasteiger partial charge in [0.15, 0.2) is 0 Å². The molecule has 1 unspecified atom stereocenters. The number of hydrogen-bond acceptors (Lipinski definition) is 2. The van der Waals surface area contributed by atoms with Crippen molar-refractivity contribution < 1.29 is 0 Å². The number of aryl methyl sites for hydroxylation is 2. The third-order valence-corrected chi connectivity index (χ3v) is 3.36. The Kier molecular flexibility index (Phi) is 4.11. The van der Waals surface area contributed by atoms with E-state index in [1.807, 2.05) is 19.4 Å². The van der Waals surface area contributed by atoms with E-state index in [0.29, 0.717) is 6.04 Å². The molecule has 0 aliphatic carbocycles. The maximum Gasteiger partial charge on any atom is 0.0376 e. The Morgan fingerprint density at radius 2 is 1.83 bits per heavy atom. The number of likely N-dealkylation sites (N-methyl/N-ethyl adjacent to an activating group) is 1. The van der Waals surface area contributed by atoms with Crippen molar-refractivity contribution in [3.05, 3.63) is 65.0 Å². The maximum atomic E-state index is 4.23. The number of hydrogen-bond donors (Lipinski definition) is 1. The molecule has 2 aromatic rings. The summed E-state index contributed by atoms with van der Waals surface area (Å²) in [7, 11) is 2.01. The summed E-state index contributed by atoms with van der Waals surface area (Å²) in [5.74, 6) is 0. The Bertz CT molecular complexity index is 503. The van der Waals surface area contributed by atoms with Crippen molar-refractivity contribution in [2.45, 2.75) is 26.3 Å². The first-order valence-corrected chi connectivity index (χ1v) is 6.34. The Morgan fingerprint density at radius 3 is 2.44 bits per heavy atom. The lowest BCUT2D eigenvalue weighted by atomic mass is 9.97. The van der Waals surface area contributed by atoms with E-state index in [4.69, 9.17) is 0 Å². The zero-order valence-electron chi connectivity index (χ0n) is 11.3. The Morgan fingerprint density at radius 1 is 1.11 bits per heavy atom. The molecule has 2 nitrogen and oxygen atoms in total. The number of rotatable bonds is 4. The number of benzene rings is 1. The van der Waals surface area contributed by atoms with E-state index in [9.17, 15) is 0 Å². The molecule has 18 heavy (non-hydrogen) atoms. The molecule has 0 aliphatic rings. The maximum absolute atomic E-state index is 4.23. The topological polar surface area (TPSA) is 24.9 Å². The fraction of sp³-hybridized carbons (Fsp3) is 0.312. The second-order valence-corrected chi connectivity index (χ2v) is 4.76. The summed E-state index contributed by atoms with van der Waals surface area (Å²) < 4.78 is 0.